The molecule has 9 nitrogen and oxygen atoms in total. The molecule has 2 N–H and O–H groups in total. The van der Waals surface area contributed by atoms with Crippen LogP contribution in [0.25, 0.3) is 0 Å². The summed E-state index contributed by atoms with van der Waals surface area (Å²) >= 11 is 0. The molecule has 3 aliphatic rings. The normalized spacial score (nSPS) is 28.5. The third-order valence-electron chi connectivity index (χ3n) is 5.37. The third kappa shape index (κ3) is 3.65. The van der Waals surface area contributed by atoms with Crippen LogP contribution in [-0.4, -0.2) is 86.1 Å². The van der Waals surface area contributed by atoms with E-state index in [9.17, 15) is 31.2 Å². The lowest BCUT2D eigenvalue weighted by atomic mass is 9.88. The number of carbonyl (C=O) groups is 2. The van der Waals surface area contributed by atoms with Crippen molar-refractivity contribution in [2.24, 2.45) is 0 Å². The van der Waals surface area contributed by atoms with Crippen molar-refractivity contribution in [2.45, 2.75) is 36.5 Å². The number of amides is 2. The van der Waals surface area contributed by atoms with Crippen LogP contribution in [0, 0.1) is 0 Å². The van der Waals surface area contributed by atoms with Crippen LogP contribution in [0.1, 0.15) is 19.8 Å². The number of likely N-dealkylation sites (tertiary alicyclic amines) is 1. The van der Waals surface area contributed by atoms with Crippen LogP contribution in [-0.2, 0) is 23.9 Å². The summed E-state index contributed by atoms with van der Waals surface area (Å²) in [7, 11) is -5.78. The molecule has 0 aromatic carbocycles. The molecule has 3 rings (SSSR count). The molecule has 2 amide bonds. The molecule has 3 aliphatic heterocycles. The van der Waals surface area contributed by atoms with Gasteiger partial charge in [0.1, 0.15) is 12.3 Å². The number of carbonyl (C=O) groups excluding carboxylic acids is 2. The van der Waals surface area contributed by atoms with Gasteiger partial charge >= 0.3 is 15.6 Å². The van der Waals surface area contributed by atoms with Crippen molar-refractivity contribution in [1.29, 1.82) is 0 Å². The van der Waals surface area contributed by atoms with Crippen molar-refractivity contribution >= 4 is 21.9 Å². The van der Waals surface area contributed by atoms with Crippen molar-refractivity contribution < 1.29 is 35.4 Å². The van der Waals surface area contributed by atoms with Crippen LogP contribution in [0.2, 0.25) is 0 Å². The van der Waals surface area contributed by atoms with Crippen LogP contribution in [0.15, 0.2) is 0 Å². The molecule has 0 bridgehead atoms. The van der Waals surface area contributed by atoms with Gasteiger partial charge in [0.25, 0.3) is 0 Å². The van der Waals surface area contributed by atoms with Crippen LogP contribution in [0.5, 0.6) is 0 Å². The molecule has 0 aromatic heterocycles. The van der Waals surface area contributed by atoms with Crippen molar-refractivity contribution in [2.75, 3.05) is 39.3 Å². The largest absolute Gasteiger partial charge is 0.523 e. The predicted octanol–water partition coefficient (Wildman–Crippen LogP) is -1.03. The molecule has 0 saturated carbocycles. The molecule has 1 atom stereocenters. The Hall–Kier alpha value is -1.44. The minimum absolute atomic E-state index is 0.00506. The van der Waals surface area contributed by atoms with Crippen molar-refractivity contribution in [1.82, 2.24) is 20.4 Å². The minimum atomic E-state index is -5.78. The Labute approximate surface area is 154 Å². The first-order valence-electron chi connectivity index (χ1n) is 8.42. The predicted molar refractivity (Wildman–Crippen MR) is 85.6 cm³/mol. The Morgan fingerprint density at radius 1 is 1.30 bits per heavy atom. The molecule has 3 heterocycles. The lowest BCUT2D eigenvalue weighted by Gasteiger charge is -2.42. The van der Waals surface area contributed by atoms with Gasteiger partial charge in [-0.05, 0) is 12.8 Å². The number of hydrogen-bond donors (Lipinski definition) is 2. The van der Waals surface area contributed by atoms with Crippen LogP contribution >= 0.6 is 0 Å². The van der Waals surface area contributed by atoms with E-state index in [1.165, 1.54) is 11.8 Å². The van der Waals surface area contributed by atoms with E-state index in [-0.39, 0.29) is 31.4 Å². The fourth-order valence-corrected chi connectivity index (χ4v) is 4.42. The zero-order valence-corrected chi connectivity index (χ0v) is 15.5. The van der Waals surface area contributed by atoms with Crippen molar-refractivity contribution in [3.05, 3.63) is 0 Å². The van der Waals surface area contributed by atoms with E-state index in [2.05, 4.69) is 14.8 Å². The van der Waals surface area contributed by atoms with E-state index in [4.69, 9.17) is 0 Å². The molecule has 1 spiro atoms. The van der Waals surface area contributed by atoms with Gasteiger partial charge in [-0.2, -0.15) is 21.6 Å². The van der Waals surface area contributed by atoms with Gasteiger partial charge in [0.15, 0.2) is 0 Å². The lowest BCUT2D eigenvalue weighted by Crippen LogP contribution is -2.69. The number of nitrogens with zero attached hydrogens (tertiary/aromatic N) is 2. The monoisotopic (exact) mass is 414 g/mol. The molecule has 154 valence electrons. The number of halogens is 3. The molecule has 0 radical (unpaired) electrons. The van der Waals surface area contributed by atoms with Gasteiger partial charge in [0.2, 0.25) is 11.8 Å². The first-order chi connectivity index (χ1) is 12.4. The molecule has 0 aliphatic carbocycles. The number of hydrogen-bond acceptors (Lipinski definition) is 7. The second-order valence-electron chi connectivity index (χ2n) is 7.19. The Balaban J connectivity index is 1.80. The topological polar surface area (TPSA) is 108 Å². The highest BCUT2D eigenvalue weighted by Gasteiger charge is 2.58. The first kappa shape index (κ1) is 20.3. The van der Waals surface area contributed by atoms with E-state index in [1.807, 2.05) is 0 Å². The summed E-state index contributed by atoms with van der Waals surface area (Å²) < 4.78 is 64.7. The minimum Gasteiger partial charge on any atom is -0.343 e. The van der Waals surface area contributed by atoms with E-state index in [0.717, 1.165) is 0 Å². The van der Waals surface area contributed by atoms with E-state index in [0.29, 0.717) is 25.9 Å². The quantitative estimate of drug-likeness (QED) is 0.449. The maximum absolute atomic E-state index is 12.6. The van der Waals surface area contributed by atoms with Crippen LogP contribution in [0.4, 0.5) is 13.2 Å². The molecule has 1 unspecified atom stereocenters. The number of alkyl halides is 3. The summed E-state index contributed by atoms with van der Waals surface area (Å²) in [4.78, 5) is 26.9. The maximum Gasteiger partial charge on any atom is 0.523 e. The number of piperidine rings is 1. The molecule has 3 saturated heterocycles. The Bertz CT molecular complexity index is 736. The van der Waals surface area contributed by atoms with Gasteiger partial charge in [0.05, 0.1) is 6.54 Å². The zero-order valence-electron chi connectivity index (χ0n) is 14.6. The van der Waals surface area contributed by atoms with E-state index in [1.54, 1.807) is 4.90 Å². The highest BCUT2D eigenvalue weighted by molar-refractivity contribution is 7.87. The summed E-state index contributed by atoms with van der Waals surface area (Å²) in [6.45, 7) is 1.75. The van der Waals surface area contributed by atoms with Crippen LogP contribution < -0.4 is 10.6 Å². The van der Waals surface area contributed by atoms with Gasteiger partial charge < -0.3 is 15.1 Å². The van der Waals surface area contributed by atoms with Crippen molar-refractivity contribution in [3.63, 3.8) is 0 Å². The Morgan fingerprint density at radius 3 is 2.48 bits per heavy atom. The summed E-state index contributed by atoms with van der Waals surface area (Å²) in [5.74, 6) is -0.430. The van der Waals surface area contributed by atoms with E-state index >= 15 is 0 Å². The number of nitrogens with one attached hydrogen (secondary N) is 2. The summed E-state index contributed by atoms with van der Waals surface area (Å²) in [6.07, 6.45) is 0.980. The number of fused-ring (bicyclic) bond motifs is 1. The number of rotatable bonds is 3. The third-order valence-corrected chi connectivity index (χ3v) is 6.37. The standard InChI is InChI=1S/C14H21F3N4O5S/c1-10(22)20-4-2-12(3-5-20)8-21-11(23)6-18-7-13(21,19-12)9-26-27(24,25)14(15,16)17/h18-19H,2-9H2,1H3. The molecule has 0 aromatic rings. The van der Waals surface area contributed by atoms with E-state index < -0.39 is 33.4 Å². The molecular formula is C14H21F3N4O5S. The van der Waals surface area contributed by atoms with Gasteiger partial charge in [-0.25, -0.2) is 0 Å². The fraction of sp³-hybridized carbons (Fsp3) is 0.857. The smallest absolute Gasteiger partial charge is 0.343 e. The average molecular weight is 414 g/mol. The van der Waals surface area contributed by atoms with Crippen molar-refractivity contribution in [3.8, 4) is 0 Å². The summed E-state index contributed by atoms with van der Waals surface area (Å²) in [5.41, 5.74) is -7.55. The van der Waals surface area contributed by atoms with Gasteiger partial charge in [0, 0.05) is 38.6 Å². The number of piperazine rings is 1. The molecular weight excluding hydrogens is 393 g/mol. The average Bonchev–Trinajstić information content (AvgIpc) is 2.88. The Morgan fingerprint density at radius 2 is 1.93 bits per heavy atom. The maximum atomic E-state index is 12.6. The second-order valence-corrected chi connectivity index (χ2v) is 8.80. The Kier molecular flexibility index (Phi) is 4.94. The lowest BCUT2D eigenvalue weighted by molar-refractivity contribution is -0.139. The SMILES string of the molecule is CC(=O)N1CCC2(CC1)CN1C(=O)CNCC1(COS(=O)(=O)C(F)(F)F)N2. The second kappa shape index (κ2) is 6.57. The summed E-state index contributed by atoms with van der Waals surface area (Å²) in [6, 6.07) is 0. The zero-order chi connectivity index (χ0) is 20.1. The molecule has 13 heteroatoms. The first-order valence-corrected chi connectivity index (χ1v) is 9.82. The van der Waals surface area contributed by atoms with Gasteiger partial charge in [-0.3, -0.25) is 19.1 Å². The molecule has 3 fully saturated rings. The molecule has 27 heavy (non-hydrogen) atoms. The van der Waals surface area contributed by atoms with Gasteiger partial charge in [-0.15, -0.1) is 0 Å². The fourth-order valence-electron chi connectivity index (χ4n) is 3.93. The van der Waals surface area contributed by atoms with Crippen LogP contribution in [0.3, 0.4) is 0 Å². The highest BCUT2D eigenvalue weighted by Crippen LogP contribution is 2.37. The van der Waals surface area contributed by atoms with Gasteiger partial charge in [-0.1, -0.05) is 0 Å². The highest BCUT2D eigenvalue weighted by atomic mass is 32.2. The summed E-state index contributed by atoms with van der Waals surface area (Å²) in [5, 5.41) is 5.98.